The molecule has 0 aliphatic heterocycles. The summed E-state index contributed by atoms with van der Waals surface area (Å²) in [5.41, 5.74) is 3.24. The number of carbonyl (C=O) groups is 3. The summed E-state index contributed by atoms with van der Waals surface area (Å²) in [5, 5.41) is 22.5. The molecule has 2 unspecified atom stereocenters. The first kappa shape index (κ1) is 31.1. The largest absolute Gasteiger partial charge is 0.508 e. The van der Waals surface area contributed by atoms with Crippen LogP contribution in [0.2, 0.25) is 5.02 Å². The Morgan fingerprint density at radius 1 is 0.929 bits per heavy atom. The highest BCUT2D eigenvalue weighted by Gasteiger charge is 2.30. The summed E-state index contributed by atoms with van der Waals surface area (Å²) in [6.07, 6.45) is 7.36. The van der Waals surface area contributed by atoms with Gasteiger partial charge in [-0.05, 0) is 73.7 Å². The van der Waals surface area contributed by atoms with E-state index < -0.39 is 17.9 Å². The number of rotatable bonds is 9. The van der Waals surface area contributed by atoms with E-state index in [9.17, 15) is 24.6 Å². The maximum atomic E-state index is 14.0. The number of anilines is 1. The molecule has 4 rings (SSSR count). The molecule has 0 saturated heterocycles. The first-order chi connectivity index (χ1) is 20.2. The van der Waals surface area contributed by atoms with Crippen molar-refractivity contribution in [1.82, 2.24) is 5.32 Å². The van der Waals surface area contributed by atoms with Crippen molar-refractivity contribution in [2.45, 2.75) is 77.3 Å². The third-order valence-corrected chi connectivity index (χ3v) is 8.48. The number of carboxylic acids is 1. The van der Waals surface area contributed by atoms with E-state index >= 15 is 0 Å². The maximum absolute atomic E-state index is 14.0. The van der Waals surface area contributed by atoms with Gasteiger partial charge in [0.25, 0.3) is 5.91 Å². The van der Waals surface area contributed by atoms with Crippen molar-refractivity contribution >= 4 is 35.1 Å². The summed E-state index contributed by atoms with van der Waals surface area (Å²) in [5.74, 6) is -1.52. The number of nitrogens with zero attached hydrogens (tertiary/aromatic N) is 1. The van der Waals surface area contributed by atoms with Gasteiger partial charge in [-0.1, -0.05) is 80.1 Å². The number of benzene rings is 3. The number of halogens is 1. The molecule has 3 N–H and O–H groups in total. The highest BCUT2D eigenvalue weighted by molar-refractivity contribution is 6.34. The number of aromatic hydroxyl groups is 1. The van der Waals surface area contributed by atoms with E-state index in [1.54, 1.807) is 49.4 Å². The van der Waals surface area contributed by atoms with Crippen molar-refractivity contribution in [3.63, 3.8) is 0 Å². The highest BCUT2D eigenvalue weighted by Crippen LogP contribution is 2.33. The van der Waals surface area contributed by atoms with Crippen LogP contribution in [0, 0.1) is 12.8 Å². The number of hydrogen-bond donors (Lipinski definition) is 3. The Morgan fingerprint density at radius 3 is 2.14 bits per heavy atom. The number of carbonyl (C=O) groups excluding carboxylic acids is 2. The summed E-state index contributed by atoms with van der Waals surface area (Å²) in [4.78, 5) is 40.9. The van der Waals surface area contributed by atoms with E-state index in [2.05, 4.69) is 5.32 Å². The lowest BCUT2D eigenvalue weighted by Crippen LogP contribution is -2.42. The van der Waals surface area contributed by atoms with Crippen LogP contribution < -0.4 is 10.2 Å². The Kier molecular flexibility index (Phi) is 10.6. The van der Waals surface area contributed by atoms with Crippen LogP contribution in [0.4, 0.5) is 5.69 Å². The molecule has 1 saturated carbocycles. The SMILES string of the molecule is Cc1cccc(Cl)c1C(=O)NC(Cc1ccc(N(C(=O)C2CCCCCCC2)C(C)c2ccc(O)cc2)cc1)C(=O)O. The van der Waals surface area contributed by atoms with Gasteiger partial charge >= 0.3 is 5.97 Å². The molecule has 3 aromatic rings. The van der Waals surface area contributed by atoms with Crippen molar-refractivity contribution < 1.29 is 24.6 Å². The third-order valence-electron chi connectivity index (χ3n) is 8.16. The minimum Gasteiger partial charge on any atom is -0.508 e. The fourth-order valence-corrected chi connectivity index (χ4v) is 6.03. The van der Waals surface area contributed by atoms with Gasteiger partial charge in [-0.15, -0.1) is 0 Å². The van der Waals surface area contributed by atoms with Crippen LogP contribution in [0.3, 0.4) is 0 Å². The van der Waals surface area contributed by atoms with E-state index in [0.717, 1.165) is 44.1 Å². The monoisotopic (exact) mass is 590 g/mol. The summed E-state index contributed by atoms with van der Waals surface area (Å²) < 4.78 is 0. The van der Waals surface area contributed by atoms with E-state index in [0.29, 0.717) is 16.8 Å². The molecule has 0 heterocycles. The predicted octanol–water partition coefficient (Wildman–Crippen LogP) is 7.23. The van der Waals surface area contributed by atoms with E-state index in [1.807, 2.05) is 36.1 Å². The number of aryl methyl sites for hydroxylation is 1. The first-order valence-electron chi connectivity index (χ1n) is 14.7. The summed E-state index contributed by atoms with van der Waals surface area (Å²) >= 11 is 6.22. The number of phenols is 1. The summed E-state index contributed by atoms with van der Waals surface area (Å²) in [7, 11) is 0. The standard InChI is InChI=1S/C34H39ClN2O5/c1-22-9-8-12-29(35)31(22)32(39)36-30(34(41)42)21-24-13-17-27(18-14-24)37(23(2)25-15-19-28(38)20-16-25)33(40)26-10-6-4-3-5-7-11-26/h8-9,12-20,23,26,30,38H,3-7,10-11,21H2,1-2H3,(H,36,39)(H,41,42). The zero-order chi connectivity index (χ0) is 30.2. The number of hydrogen-bond acceptors (Lipinski definition) is 4. The Hall–Kier alpha value is -3.84. The molecule has 0 bridgehead atoms. The minimum atomic E-state index is -1.16. The molecule has 1 aliphatic carbocycles. The molecule has 7 nitrogen and oxygen atoms in total. The van der Waals surface area contributed by atoms with Crippen LogP contribution in [0.25, 0.3) is 0 Å². The molecule has 2 atom stereocenters. The van der Waals surface area contributed by atoms with Crippen molar-refractivity contribution in [2.24, 2.45) is 5.92 Å². The molecule has 8 heteroatoms. The summed E-state index contributed by atoms with van der Waals surface area (Å²) in [6, 6.07) is 17.8. The van der Waals surface area contributed by atoms with Crippen LogP contribution in [0.15, 0.2) is 66.7 Å². The smallest absolute Gasteiger partial charge is 0.326 e. The molecular weight excluding hydrogens is 552 g/mol. The topological polar surface area (TPSA) is 107 Å². The maximum Gasteiger partial charge on any atom is 0.326 e. The molecule has 1 aliphatic rings. The Morgan fingerprint density at radius 2 is 1.55 bits per heavy atom. The molecular formula is C34H39ClN2O5. The van der Waals surface area contributed by atoms with Gasteiger partial charge in [0, 0.05) is 18.0 Å². The fraction of sp³-hybridized carbons (Fsp3) is 0.382. The number of aliphatic carboxylic acids is 1. The second-order valence-corrected chi connectivity index (χ2v) is 11.6. The molecule has 42 heavy (non-hydrogen) atoms. The first-order valence-corrected chi connectivity index (χ1v) is 15.0. The lowest BCUT2D eigenvalue weighted by atomic mass is 9.89. The van der Waals surface area contributed by atoms with Crippen LogP contribution in [0.5, 0.6) is 5.75 Å². The molecule has 2 amide bonds. The van der Waals surface area contributed by atoms with Crippen molar-refractivity contribution in [1.29, 1.82) is 0 Å². The van der Waals surface area contributed by atoms with E-state index in [-0.39, 0.29) is 40.6 Å². The molecule has 0 aromatic heterocycles. The van der Waals surface area contributed by atoms with E-state index in [1.165, 1.54) is 6.42 Å². The zero-order valence-corrected chi connectivity index (χ0v) is 24.9. The minimum absolute atomic E-state index is 0.0644. The third kappa shape index (κ3) is 7.71. The molecule has 0 spiro atoms. The quantitative estimate of drug-likeness (QED) is 0.244. The van der Waals surface area contributed by atoms with Gasteiger partial charge in [0.05, 0.1) is 16.6 Å². The lowest BCUT2D eigenvalue weighted by molar-refractivity contribution is -0.139. The molecule has 222 valence electrons. The van der Waals surface area contributed by atoms with Gasteiger partial charge < -0.3 is 20.4 Å². The zero-order valence-electron chi connectivity index (χ0n) is 24.2. The van der Waals surface area contributed by atoms with Crippen LogP contribution in [-0.4, -0.2) is 34.0 Å². The molecule has 3 aromatic carbocycles. The second-order valence-electron chi connectivity index (χ2n) is 11.2. The van der Waals surface area contributed by atoms with Crippen LogP contribution >= 0.6 is 11.6 Å². The number of amides is 2. The Bertz CT molecular complexity index is 1360. The molecule has 1 fully saturated rings. The lowest BCUT2D eigenvalue weighted by Gasteiger charge is -2.34. The second kappa shape index (κ2) is 14.4. The average Bonchev–Trinajstić information content (AvgIpc) is 2.93. The van der Waals surface area contributed by atoms with Gasteiger partial charge in [0.1, 0.15) is 11.8 Å². The van der Waals surface area contributed by atoms with Crippen molar-refractivity contribution in [3.8, 4) is 5.75 Å². The van der Waals surface area contributed by atoms with Gasteiger partial charge in [-0.3, -0.25) is 9.59 Å². The average molecular weight is 591 g/mol. The number of carboxylic acid groups (broad SMARTS) is 1. The van der Waals surface area contributed by atoms with Crippen molar-refractivity contribution in [3.05, 3.63) is 94.0 Å². The highest BCUT2D eigenvalue weighted by atomic mass is 35.5. The normalized spacial score (nSPS) is 15.6. The summed E-state index contributed by atoms with van der Waals surface area (Å²) in [6.45, 7) is 3.73. The fourth-order valence-electron chi connectivity index (χ4n) is 5.72. The number of phenolic OH excluding ortho intramolecular Hbond substituents is 1. The van der Waals surface area contributed by atoms with Crippen molar-refractivity contribution in [2.75, 3.05) is 4.90 Å². The van der Waals surface area contributed by atoms with Gasteiger partial charge in [-0.25, -0.2) is 4.79 Å². The Balaban J connectivity index is 1.57. The molecule has 0 radical (unpaired) electrons. The van der Waals surface area contributed by atoms with Crippen LogP contribution in [-0.2, 0) is 16.0 Å². The van der Waals surface area contributed by atoms with Crippen LogP contribution in [0.1, 0.15) is 85.0 Å². The Labute approximate surface area is 252 Å². The van der Waals surface area contributed by atoms with Gasteiger partial charge in [-0.2, -0.15) is 0 Å². The predicted molar refractivity (Wildman–Crippen MR) is 165 cm³/mol. The van der Waals surface area contributed by atoms with Gasteiger partial charge in [0.15, 0.2) is 0 Å². The number of nitrogens with one attached hydrogen (secondary N) is 1. The van der Waals surface area contributed by atoms with Gasteiger partial charge in [0.2, 0.25) is 5.91 Å². The van der Waals surface area contributed by atoms with E-state index in [4.69, 9.17) is 11.6 Å².